The van der Waals surface area contributed by atoms with Crippen molar-refractivity contribution in [3.8, 4) is 0 Å². The summed E-state index contributed by atoms with van der Waals surface area (Å²) in [6, 6.07) is 6.11. The van der Waals surface area contributed by atoms with Crippen molar-refractivity contribution in [2.45, 2.75) is 43.0 Å². The van der Waals surface area contributed by atoms with E-state index in [1.54, 1.807) is 12.1 Å². The highest BCUT2D eigenvalue weighted by molar-refractivity contribution is 7.86. The van der Waals surface area contributed by atoms with E-state index in [1.165, 1.54) is 12.1 Å². The highest BCUT2D eigenvalue weighted by Crippen LogP contribution is 2.41. The fraction of sp³-hybridized carbons (Fsp3) is 0.600. The van der Waals surface area contributed by atoms with Crippen LogP contribution in [0.25, 0.3) is 0 Å². The van der Waals surface area contributed by atoms with E-state index in [0.717, 1.165) is 5.56 Å². The number of rotatable bonds is 7. The smallest absolute Gasteiger partial charge is 0.340 e. The van der Waals surface area contributed by atoms with Crippen LogP contribution in [-0.2, 0) is 23.8 Å². The third-order valence-electron chi connectivity index (χ3n) is 3.63. The molecule has 1 aliphatic rings. The number of hydrogen-bond acceptors (Lipinski definition) is 5. The number of halogens is 3. The summed E-state index contributed by atoms with van der Waals surface area (Å²) < 4.78 is 77.1. The van der Waals surface area contributed by atoms with Gasteiger partial charge in [0.05, 0.1) is 24.7 Å². The first-order chi connectivity index (χ1) is 11.2. The molecule has 1 fully saturated rings. The largest absolute Gasteiger partial charge is 0.443 e. The van der Waals surface area contributed by atoms with Gasteiger partial charge in [-0.05, 0) is 31.9 Å². The molecule has 0 saturated carbocycles. The molecular weight excluding hydrogens is 349 g/mol. The quantitative estimate of drug-likeness (QED) is 0.546. The van der Waals surface area contributed by atoms with E-state index in [9.17, 15) is 21.6 Å². The van der Waals surface area contributed by atoms with Gasteiger partial charge < -0.3 is 9.47 Å². The first-order valence-corrected chi connectivity index (χ1v) is 8.88. The summed E-state index contributed by atoms with van der Waals surface area (Å²) >= 11 is 0. The van der Waals surface area contributed by atoms with E-state index in [4.69, 9.17) is 13.7 Å². The minimum absolute atomic E-state index is 0.0160. The standard InChI is InChI=1S/C15H19F3O5S/c1-12-4-6-13(7-5-12)24(19,20)23-9-3-2-8-14(15(16,17)18)21-10-11-22-14/h4-7H,2-3,8-11H2,1H3. The molecule has 24 heavy (non-hydrogen) atoms. The maximum atomic E-state index is 13.0. The van der Waals surface area contributed by atoms with Crippen molar-refractivity contribution in [2.24, 2.45) is 0 Å². The van der Waals surface area contributed by atoms with Crippen LogP contribution >= 0.6 is 0 Å². The van der Waals surface area contributed by atoms with Crippen molar-refractivity contribution in [2.75, 3.05) is 19.8 Å². The lowest BCUT2D eigenvalue weighted by molar-refractivity contribution is -0.346. The molecular formula is C15H19F3O5S. The Hall–Kier alpha value is -1.16. The van der Waals surface area contributed by atoms with Crippen LogP contribution in [-0.4, -0.2) is 40.2 Å². The molecule has 0 atom stereocenters. The molecule has 0 spiro atoms. The summed E-state index contributed by atoms with van der Waals surface area (Å²) in [5.74, 6) is -2.58. The molecule has 0 amide bonds. The average Bonchev–Trinajstić information content (AvgIpc) is 2.97. The van der Waals surface area contributed by atoms with Gasteiger partial charge in [0.25, 0.3) is 15.9 Å². The molecule has 1 aromatic rings. The van der Waals surface area contributed by atoms with Gasteiger partial charge in [-0.25, -0.2) is 0 Å². The lowest BCUT2D eigenvalue weighted by atomic mass is 10.1. The van der Waals surface area contributed by atoms with Crippen LogP contribution in [0.15, 0.2) is 29.2 Å². The van der Waals surface area contributed by atoms with E-state index in [-0.39, 0.29) is 37.6 Å². The van der Waals surface area contributed by atoms with Gasteiger partial charge in [-0.3, -0.25) is 4.18 Å². The van der Waals surface area contributed by atoms with Crippen LogP contribution in [0.2, 0.25) is 0 Å². The molecule has 0 aromatic heterocycles. The lowest BCUT2D eigenvalue weighted by Crippen LogP contribution is -2.46. The van der Waals surface area contributed by atoms with E-state index < -0.39 is 28.5 Å². The maximum Gasteiger partial charge on any atom is 0.443 e. The monoisotopic (exact) mass is 368 g/mol. The molecule has 1 saturated heterocycles. The molecule has 9 heteroatoms. The molecule has 1 aromatic carbocycles. The van der Waals surface area contributed by atoms with E-state index >= 15 is 0 Å². The van der Waals surface area contributed by atoms with Gasteiger partial charge >= 0.3 is 6.18 Å². The van der Waals surface area contributed by atoms with Crippen LogP contribution in [0.4, 0.5) is 13.2 Å². The molecule has 136 valence electrons. The molecule has 0 unspecified atom stereocenters. The van der Waals surface area contributed by atoms with Crippen LogP contribution in [0.3, 0.4) is 0 Å². The number of unbranched alkanes of at least 4 members (excludes halogenated alkanes) is 1. The van der Waals surface area contributed by atoms with Crippen LogP contribution in [0.5, 0.6) is 0 Å². The van der Waals surface area contributed by atoms with Gasteiger partial charge in [-0.1, -0.05) is 17.7 Å². The molecule has 5 nitrogen and oxygen atoms in total. The van der Waals surface area contributed by atoms with Crippen LogP contribution < -0.4 is 0 Å². The molecule has 0 radical (unpaired) electrons. The van der Waals surface area contributed by atoms with E-state index in [0.29, 0.717) is 0 Å². The van der Waals surface area contributed by atoms with Gasteiger partial charge in [0.2, 0.25) is 0 Å². The Bertz CT molecular complexity index is 634. The topological polar surface area (TPSA) is 61.8 Å². The Kier molecular flexibility index (Phi) is 5.90. The van der Waals surface area contributed by atoms with Crippen molar-refractivity contribution in [1.29, 1.82) is 0 Å². The fourth-order valence-electron chi connectivity index (χ4n) is 2.31. The summed E-state index contributed by atoms with van der Waals surface area (Å²) in [5.41, 5.74) is 0.906. The van der Waals surface area contributed by atoms with Gasteiger partial charge in [-0.15, -0.1) is 0 Å². The summed E-state index contributed by atoms with van der Waals surface area (Å²) in [4.78, 5) is 0.0160. The normalized spacial score (nSPS) is 18.0. The second-order valence-corrected chi connectivity index (χ2v) is 7.11. The minimum atomic E-state index is -4.63. The van der Waals surface area contributed by atoms with E-state index in [1.807, 2.05) is 6.92 Å². The van der Waals surface area contributed by atoms with Crippen molar-refractivity contribution in [1.82, 2.24) is 0 Å². The number of aryl methyl sites for hydroxylation is 1. The fourth-order valence-corrected chi connectivity index (χ4v) is 3.25. The number of alkyl halides is 3. The van der Waals surface area contributed by atoms with Crippen molar-refractivity contribution >= 4 is 10.1 Å². The number of hydrogen-bond donors (Lipinski definition) is 0. The van der Waals surface area contributed by atoms with Crippen molar-refractivity contribution in [3.05, 3.63) is 29.8 Å². The molecule has 2 rings (SSSR count). The maximum absolute atomic E-state index is 13.0. The summed E-state index contributed by atoms with van der Waals surface area (Å²) in [5, 5.41) is 0. The summed E-state index contributed by atoms with van der Waals surface area (Å²) in [7, 11) is -3.90. The zero-order valence-electron chi connectivity index (χ0n) is 13.1. The second kappa shape index (κ2) is 7.38. The van der Waals surface area contributed by atoms with Gasteiger partial charge in [-0.2, -0.15) is 21.6 Å². The zero-order chi connectivity index (χ0) is 17.8. The second-order valence-electron chi connectivity index (χ2n) is 5.49. The molecule has 0 aliphatic carbocycles. The van der Waals surface area contributed by atoms with Gasteiger partial charge in [0, 0.05) is 6.42 Å². The number of ether oxygens (including phenoxy) is 2. The predicted octanol–water partition coefficient (Wildman–Crippen LogP) is 3.18. The van der Waals surface area contributed by atoms with Gasteiger partial charge in [0.1, 0.15) is 0 Å². The van der Waals surface area contributed by atoms with Crippen LogP contribution in [0, 0.1) is 6.92 Å². The zero-order valence-corrected chi connectivity index (χ0v) is 14.0. The lowest BCUT2D eigenvalue weighted by Gasteiger charge is -2.29. The predicted molar refractivity (Wildman–Crippen MR) is 78.9 cm³/mol. The van der Waals surface area contributed by atoms with Gasteiger partial charge in [0.15, 0.2) is 0 Å². The minimum Gasteiger partial charge on any atom is -0.340 e. The third-order valence-corrected chi connectivity index (χ3v) is 4.96. The van der Waals surface area contributed by atoms with E-state index in [2.05, 4.69) is 0 Å². The Morgan fingerprint density at radius 2 is 1.71 bits per heavy atom. The Morgan fingerprint density at radius 3 is 2.25 bits per heavy atom. The van der Waals surface area contributed by atoms with Crippen LogP contribution in [0.1, 0.15) is 24.8 Å². The highest BCUT2D eigenvalue weighted by Gasteiger charge is 2.59. The highest BCUT2D eigenvalue weighted by atomic mass is 32.2. The molecule has 0 N–H and O–H groups in total. The summed E-state index contributed by atoms with van der Waals surface area (Å²) in [6.45, 7) is 1.39. The average molecular weight is 368 g/mol. The first kappa shape index (κ1) is 19.2. The SMILES string of the molecule is Cc1ccc(S(=O)(=O)OCCCCC2(C(F)(F)F)OCCO2)cc1. The number of benzene rings is 1. The third kappa shape index (κ3) is 4.47. The molecule has 1 aliphatic heterocycles. The Morgan fingerprint density at radius 1 is 1.12 bits per heavy atom. The van der Waals surface area contributed by atoms with Crippen molar-refractivity contribution < 1.29 is 35.2 Å². The first-order valence-electron chi connectivity index (χ1n) is 7.47. The van der Waals surface area contributed by atoms with Crippen molar-refractivity contribution in [3.63, 3.8) is 0 Å². The Balaban J connectivity index is 1.81. The Labute approximate surface area is 138 Å². The molecule has 1 heterocycles. The molecule has 0 bridgehead atoms. The summed E-state index contributed by atoms with van der Waals surface area (Å²) in [6.07, 6.45) is -4.83.